The van der Waals surface area contributed by atoms with Gasteiger partial charge in [0.25, 0.3) is 0 Å². The van der Waals surface area contributed by atoms with E-state index in [1.165, 1.54) is 11.5 Å². The summed E-state index contributed by atoms with van der Waals surface area (Å²) in [6.07, 6.45) is 4.32. The van der Waals surface area contributed by atoms with E-state index in [2.05, 4.69) is 6.92 Å². The van der Waals surface area contributed by atoms with Crippen LogP contribution in [0.3, 0.4) is 0 Å². The Morgan fingerprint density at radius 1 is 1.35 bits per heavy atom. The van der Waals surface area contributed by atoms with Crippen LogP contribution in [-0.4, -0.2) is 5.78 Å². The second-order valence-corrected chi connectivity index (χ2v) is 5.75. The van der Waals surface area contributed by atoms with Gasteiger partial charge >= 0.3 is 0 Å². The molecule has 2 aliphatic carbocycles. The van der Waals surface area contributed by atoms with Crippen LogP contribution >= 0.6 is 0 Å². The molecule has 17 heavy (non-hydrogen) atoms. The Kier molecular flexibility index (Phi) is 3.37. The predicted molar refractivity (Wildman–Crippen MR) is 71.0 cm³/mol. The molecule has 1 nitrogen and oxygen atoms in total. The van der Waals surface area contributed by atoms with E-state index in [0.29, 0.717) is 18.6 Å². The van der Waals surface area contributed by atoms with Gasteiger partial charge in [0.1, 0.15) is 5.78 Å². The second kappa shape index (κ2) is 4.64. The first-order valence-corrected chi connectivity index (χ1v) is 6.61. The average Bonchev–Trinajstić information content (AvgIpc) is 3.11. The third-order valence-corrected chi connectivity index (χ3v) is 4.13. The molecule has 0 radical (unpaired) electrons. The summed E-state index contributed by atoms with van der Waals surface area (Å²) in [4.78, 5) is 11.1. The van der Waals surface area contributed by atoms with Crippen LogP contribution in [0.1, 0.15) is 44.2 Å². The lowest BCUT2D eigenvalue weighted by molar-refractivity contribution is -0.118. The van der Waals surface area contributed by atoms with Gasteiger partial charge in [0.2, 0.25) is 0 Å². The molecule has 3 rings (SSSR count). The Morgan fingerprint density at radius 3 is 2.29 bits per heavy atom. The lowest BCUT2D eigenvalue weighted by atomic mass is 10.0. The Labute approximate surface area is 104 Å². The first-order chi connectivity index (χ1) is 8.05. The van der Waals surface area contributed by atoms with E-state index in [0.717, 1.165) is 11.0 Å². The molecule has 1 aromatic rings. The zero-order valence-electron chi connectivity index (χ0n) is 11.1. The number of ketones is 1. The number of hydrogen-bond donors (Lipinski definition) is 0. The molecule has 0 saturated heterocycles. The van der Waals surface area contributed by atoms with E-state index in [1.807, 2.05) is 38.1 Å². The SMILES string of the molecule is CC12CC1C2.CCC(=O)Cc1ccccc1C. The number of carbonyl (C=O) groups is 1. The van der Waals surface area contributed by atoms with Crippen LogP contribution in [0.4, 0.5) is 0 Å². The van der Waals surface area contributed by atoms with Crippen LogP contribution in [0.25, 0.3) is 0 Å². The van der Waals surface area contributed by atoms with Crippen molar-refractivity contribution in [2.75, 3.05) is 0 Å². The summed E-state index contributed by atoms with van der Waals surface area (Å²) in [6.45, 7) is 6.32. The fourth-order valence-electron chi connectivity index (χ4n) is 2.09. The normalized spacial score (nSPS) is 27.6. The number of aryl methyl sites for hydroxylation is 1. The maximum absolute atomic E-state index is 11.1. The van der Waals surface area contributed by atoms with Crippen molar-refractivity contribution in [1.82, 2.24) is 0 Å². The Morgan fingerprint density at radius 2 is 1.88 bits per heavy atom. The van der Waals surface area contributed by atoms with Gasteiger partial charge in [-0.05, 0) is 42.2 Å². The topological polar surface area (TPSA) is 17.1 Å². The molecule has 2 saturated carbocycles. The zero-order chi connectivity index (χ0) is 12.5. The number of carbonyl (C=O) groups excluding carboxylic acids is 1. The van der Waals surface area contributed by atoms with E-state index in [-0.39, 0.29) is 0 Å². The molecule has 2 aliphatic rings. The summed E-state index contributed by atoms with van der Waals surface area (Å²) in [5, 5.41) is 0. The summed E-state index contributed by atoms with van der Waals surface area (Å²) in [7, 11) is 0. The quantitative estimate of drug-likeness (QED) is 0.769. The molecule has 0 atom stereocenters. The van der Waals surface area contributed by atoms with Crippen LogP contribution in [0.15, 0.2) is 24.3 Å². The molecule has 92 valence electrons. The molecule has 0 N–H and O–H groups in total. The third-order valence-electron chi connectivity index (χ3n) is 4.13. The standard InChI is InChI=1S/C11H14O.C5H8/c1-3-11(12)8-10-7-5-4-6-9(10)2;1-5-2-4(5)3-5/h4-7H,3,8H2,1-2H3;4H,2-3H2,1H3. The van der Waals surface area contributed by atoms with Crippen LogP contribution < -0.4 is 0 Å². The Bertz CT molecular complexity index is 413. The fraction of sp³-hybridized carbons (Fsp3) is 0.562. The number of benzene rings is 1. The van der Waals surface area contributed by atoms with E-state index in [1.54, 1.807) is 12.8 Å². The van der Waals surface area contributed by atoms with E-state index < -0.39 is 0 Å². The third kappa shape index (κ3) is 3.18. The van der Waals surface area contributed by atoms with Gasteiger partial charge in [-0.15, -0.1) is 0 Å². The minimum Gasteiger partial charge on any atom is -0.299 e. The maximum Gasteiger partial charge on any atom is 0.137 e. The first kappa shape index (κ1) is 12.3. The molecule has 0 aromatic heterocycles. The molecule has 2 fully saturated rings. The molecule has 0 heterocycles. The van der Waals surface area contributed by atoms with Gasteiger partial charge < -0.3 is 0 Å². The molecule has 0 amide bonds. The summed E-state index contributed by atoms with van der Waals surface area (Å²) in [5.41, 5.74) is 3.28. The first-order valence-electron chi connectivity index (χ1n) is 6.61. The smallest absolute Gasteiger partial charge is 0.137 e. The van der Waals surface area contributed by atoms with E-state index >= 15 is 0 Å². The van der Waals surface area contributed by atoms with Gasteiger partial charge in [-0.1, -0.05) is 38.1 Å². The number of Topliss-reactive ketones (excluding diaryl/α,β-unsaturated/α-hetero) is 1. The lowest BCUT2D eigenvalue weighted by Gasteiger charge is -2.02. The van der Waals surface area contributed by atoms with Crippen LogP contribution in [0.5, 0.6) is 0 Å². The minimum atomic E-state index is 0.310. The van der Waals surface area contributed by atoms with Gasteiger partial charge in [0.15, 0.2) is 0 Å². The van der Waals surface area contributed by atoms with Crippen molar-refractivity contribution in [3.8, 4) is 0 Å². The van der Waals surface area contributed by atoms with Crippen LogP contribution in [0.2, 0.25) is 0 Å². The summed E-state index contributed by atoms with van der Waals surface area (Å²) in [5.74, 6) is 1.51. The number of hydrogen-bond acceptors (Lipinski definition) is 1. The summed E-state index contributed by atoms with van der Waals surface area (Å²) >= 11 is 0. The average molecular weight is 230 g/mol. The van der Waals surface area contributed by atoms with Crippen LogP contribution in [-0.2, 0) is 11.2 Å². The molecule has 0 spiro atoms. The molecule has 0 unspecified atom stereocenters. The van der Waals surface area contributed by atoms with Gasteiger partial charge in [0, 0.05) is 12.8 Å². The fourth-order valence-corrected chi connectivity index (χ4v) is 2.09. The highest BCUT2D eigenvalue weighted by atomic mass is 16.1. The highest BCUT2D eigenvalue weighted by molar-refractivity contribution is 5.80. The van der Waals surface area contributed by atoms with Gasteiger partial charge in [-0.2, -0.15) is 0 Å². The van der Waals surface area contributed by atoms with Gasteiger partial charge in [0.05, 0.1) is 0 Å². The minimum absolute atomic E-state index is 0.310. The molecule has 1 aromatic carbocycles. The van der Waals surface area contributed by atoms with E-state index in [9.17, 15) is 4.79 Å². The van der Waals surface area contributed by atoms with Crippen LogP contribution in [0, 0.1) is 18.3 Å². The Hall–Kier alpha value is -1.11. The molecule has 0 bridgehead atoms. The highest BCUT2D eigenvalue weighted by Gasteiger charge is 2.65. The highest BCUT2D eigenvalue weighted by Crippen LogP contribution is 2.74. The second-order valence-electron chi connectivity index (χ2n) is 5.75. The monoisotopic (exact) mass is 230 g/mol. The van der Waals surface area contributed by atoms with E-state index in [4.69, 9.17) is 0 Å². The van der Waals surface area contributed by atoms with Crippen molar-refractivity contribution >= 4 is 5.78 Å². The summed E-state index contributed by atoms with van der Waals surface area (Å²) < 4.78 is 0. The van der Waals surface area contributed by atoms with Crippen molar-refractivity contribution in [3.63, 3.8) is 0 Å². The molecular weight excluding hydrogens is 208 g/mol. The maximum atomic E-state index is 11.1. The van der Waals surface area contributed by atoms with Crippen molar-refractivity contribution in [3.05, 3.63) is 35.4 Å². The zero-order valence-corrected chi connectivity index (χ0v) is 11.1. The number of fused-ring (bicyclic) bond motifs is 1. The lowest BCUT2D eigenvalue weighted by Crippen LogP contribution is -2.01. The van der Waals surface area contributed by atoms with Crippen molar-refractivity contribution in [2.24, 2.45) is 11.3 Å². The molecule has 0 aliphatic heterocycles. The van der Waals surface area contributed by atoms with Crippen molar-refractivity contribution < 1.29 is 4.79 Å². The Balaban J connectivity index is 0.000000174. The van der Waals surface area contributed by atoms with Gasteiger partial charge in [-0.3, -0.25) is 4.79 Å². The molecule has 1 heteroatoms. The van der Waals surface area contributed by atoms with Crippen molar-refractivity contribution in [2.45, 2.75) is 46.5 Å². The predicted octanol–water partition coefficient (Wildman–Crippen LogP) is 3.93. The number of rotatable bonds is 3. The molecular formula is C16H22O. The summed E-state index contributed by atoms with van der Waals surface area (Å²) in [6, 6.07) is 8.03. The largest absolute Gasteiger partial charge is 0.299 e. The van der Waals surface area contributed by atoms with Crippen molar-refractivity contribution in [1.29, 1.82) is 0 Å². The van der Waals surface area contributed by atoms with Gasteiger partial charge in [-0.25, -0.2) is 0 Å².